The first kappa shape index (κ1) is 14.4. The number of aliphatic hydroxyl groups excluding tert-OH is 1. The van der Waals surface area contributed by atoms with Crippen molar-refractivity contribution in [2.45, 2.75) is 51.8 Å². The van der Waals surface area contributed by atoms with Crippen molar-refractivity contribution in [3.63, 3.8) is 0 Å². The van der Waals surface area contributed by atoms with Gasteiger partial charge >= 0.3 is 0 Å². The number of aliphatic hydroxyl groups is 1. The lowest BCUT2D eigenvalue weighted by atomic mass is 9.88. The van der Waals surface area contributed by atoms with Crippen LogP contribution in [0.2, 0.25) is 0 Å². The second-order valence-electron chi connectivity index (χ2n) is 6.27. The average Bonchev–Trinajstić information content (AvgIpc) is 2.36. The molecular formula is C16H25NO2. The van der Waals surface area contributed by atoms with Crippen LogP contribution in [0.15, 0.2) is 24.3 Å². The van der Waals surface area contributed by atoms with Crippen LogP contribution in [0.1, 0.15) is 45.7 Å². The predicted molar refractivity (Wildman–Crippen MR) is 77.4 cm³/mol. The zero-order chi connectivity index (χ0) is 14.0. The molecule has 2 rings (SSSR count). The Balaban J connectivity index is 2.20. The average molecular weight is 263 g/mol. The maximum atomic E-state index is 9.27. The van der Waals surface area contributed by atoms with E-state index in [1.54, 1.807) is 0 Å². The normalized spacial score (nSPS) is 24.2. The van der Waals surface area contributed by atoms with Gasteiger partial charge in [-0.25, -0.2) is 0 Å². The van der Waals surface area contributed by atoms with E-state index in [0.717, 1.165) is 12.2 Å². The highest BCUT2D eigenvalue weighted by molar-refractivity contribution is 5.38. The van der Waals surface area contributed by atoms with E-state index >= 15 is 0 Å². The van der Waals surface area contributed by atoms with Gasteiger partial charge in [-0.15, -0.1) is 0 Å². The highest BCUT2D eigenvalue weighted by atomic mass is 16.5. The molecule has 3 nitrogen and oxygen atoms in total. The largest absolute Gasteiger partial charge is 0.487 e. The summed E-state index contributed by atoms with van der Waals surface area (Å²) in [7, 11) is 0. The van der Waals surface area contributed by atoms with Crippen molar-refractivity contribution in [3.8, 4) is 5.75 Å². The van der Waals surface area contributed by atoms with Gasteiger partial charge in [-0.1, -0.05) is 25.1 Å². The van der Waals surface area contributed by atoms with Crippen LogP contribution >= 0.6 is 0 Å². The lowest BCUT2D eigenvalue weighted by molar-refractivity contribution is 0.0611. The monoisotopic (exact) mass is 263 g/mol. The zero-order valence-electron chi connectivity index (χ0n) is 12.3. The fourth-order valence-corrected chi connectivity index (χ4v) is 2.59. The van der Waals surface area contributed by atoms with E-state index in [1.807, 2.05) is 12.1 Å². The Kier molecular flexibility index (Phi) is 4.16. The fourth-order valence-electron chi connectivity index (χ4n) is 2.59. The number of ether oxygens (including phenoxy) is 1. The predicted octanol–water partition coefficient (Wildman–Crippen LogP) is 2.90. The molecule has 0 saturated heterocycles. The minimum atomic E-state index is -0.159. The molecule has 19 heavy (non-hydrogen) atoms. The van der Waals surface area contributed by atoms with Gasteiger partial charge < -0.3 is 15.2 Å². The molecule has 0 spiro atoms. The van der Waals surface area contributed by atoms with Crippen molar-refractivity contribution in [2.24, 2.45) is 5.92 Å². The smallest absolute Gasteiger partial charge is 0.124 e. The molecule has 0 fully saturated rings. The Hall–Kier alpha value is -1.06. The van der Waals surface area contributed by atoms with Crippen LogP contribution in [-0.2, 0) is 0 Å². The van der Waals surface area contributed by atoms with E-state index in [1.165, 1.54) is 5.56 Å². The number of hydrogen-bond donors (Lipinski definition) is 2. The molecule has 0 bridgehead atoms. The van der Waals surface area contributed by atoms with E-state index in [9.17, 15) is 5.11 Å². The highest BCUT2D eigenvalue weighted by Crippen LogP contribution is 2.39. The fraction of sp³-hybridized carbons (Fsp3) is 0.625. The molecular weight excluding hydrogens is 238 g/mol. The molecule has 1 aromatic rings. The number of nitrogens with one attached hydrogen (secondary N) is 1. The van der Waals surface area contributed by atoms with Gasteiger partial charge in [0.15, 0.2) is 0 Å². The molecule has 3 heteroatoms. The molecule has 0 aromatic heterocycles. The first-order chi connectivity index (χ1) is 8.93. The third-order valence-corrected chi connectivity index (χ3v) is 3.98. The standard InChI is InChI=1S/C16H25NO2/c1-11(10-18)12(2)17-14-9-16(3,4)19-15-8-6-5-7-13(14)15/h5-8,11-12,14,17-18H,9-10H2,1-4H3. The molecule has 0 amide bonds. The maximum absolute atomic E-state index is 9.27. The molecule has 0 aliphatic carbocycles. The number of benzene rings is 1. The van der Waals surface area contributed by atoms with Crippen molar-refractivity contribution in [2.75, 3.05) is 6.61 Å². The van der Waals surface area contributed by atoms with Crippen molar-refractivity contribution in [1.82, 2.24) is 5.32 Å². The minimum absolute atomic E-state index is 0.159. The molecule has 1 aliphatic rings. The molecule has 0 radical (unpaired) electrons. The third kappa shape index (κ3) is 3.28. The summed E-state index contributed by atoms with van der Waals surface area (Å²) in [5, 5.41) is 12.9. The van der Waals surface area contributed by atoms with E-state index < -0.39 is 0 Å². The molecule has 1 heterocycles. The van der Waals surface area contributed by atoms with Gasteiger partial charge in [-0.05, 0) is 32.8 Å². The first-order valence-electron chi connectivity index (χ1n) is 7.08. The second kappa shape index (κ2) is 5.51. The van der Waals surface area contributed by atoms with Crippen LogP contribution < -0.4 is 10.1 Å². The van der Waals surface area contributed by atoms with Crippen LogP contribution in [0.5, 0.6) is 5.75 Å². The van der Waals surface area contributed by atoms with E-state index in [0.29, 0.717) is 0 Å². The van der Waals surface area contributed by atoms with Crippen LogP contribution in [0, 0.1) is 5.92 Å². The number of hydrogen-bond acceptors (Lipinski definition) is 3. The quantitative estimate of drug-likeness (QED) is 0.877. The van der Waals surface area contributed by atoms with Gasteiger partial charge in [0.05, 0.1) is 0 Å². The summed E-state index contributed by atoms with van der Waals surface area (Å²) in [6, 6.07) is 8.77. The van der Waals surface area contributed by atoms with Gasteiger partial charge in [0.1, 0.15) is 11.4 Å². The second-order valence-corrected chi connectivity index (χ2v) is 6.27. The number of fused-ring (bicyclic) bond motifs is 1. The van der Waals surface area contributed by atoms with Gasteiger partial charge in [-0.3, -0.25) is 0 Å². The topological polar surface area (TPSA) is 41.5 Å². The highest BCUT2D eigenvalue weighted by Gasteiger charge is 2.34. The summed E-state index contributed by atoms with van der Waals surface area (Å²) in [5.74, 6) is 1.22. The summed E-state index contributed by atoms with van der Waals surface area (Å²) >= 11 is 0. The maximum Gasteiger partial charge on any atom is 0.124 e. The number of rotatable bonds is 4. The van der Waals surface area contributed by atoms with Gasteiger partial charge in [-0.2, -0.15) is 0 Å². The van der Waals surface area contributed by atoms with E-state index in [4.69, 9.17) is 4.74 Å². The Morgan fingerprint density at radius 1 is 1.37 bits per heavy atom. The van der Waals surface area contributed by atoms with Crippen LogP contribution in [-0.4, -0.2) is 23.4 Å². The van der Waals surface area contributed by atoms with E-state index in [-0.39, 0.29) is 30.2 Å². The summed E-state index contributed by atoms with van der Waals surface area (Å²) in [6.07, 6.45) is 0.937. The summed E-state index contributed by atoms with van der Waals surface area (Å²) < 4.78 is 6.03. The molecule has 3 atom stereocenters. The Labute approximate surface area is 116 Å². The molecule has 3 unspecified atom stereocenters. The molecule has 0 saturated carbocycles. The van der Waals surface area contributed by atoms with Gasteiger partial charge in [0.25, 0.3) is 0 Å². The number of para-hydroxylation sites is 1. The summed E-state index contributed by atoms with van der Waals surface area (Å²) in [4.78, 5) is 0. The van der Waals surface area contributed by atoms with Crippen LogP contribution in [0.4, 0.5) is 0 Å². The van der Waals surface area contributed by atoms with Crippen molar-refractivity contribution in [1.29, 1.82) is 0 Å². The lowest BCUT2D eigenvalue weighted by Crippen LogP contribution is -2.44. The first-order valence-corrected chi connectivity index (χ1v) is 7.08. The van der Waals surface area contributed by atoms with Gasteiger partial charge in [0, 0.05) is 30.7 Å². The minimum Gasteiger partial charge on any atom is -0.487 e. The molecule has 2 N–H and O–H groups in total. The van der Waals surface area contributed by atoms with Crippen molar-refractivity contribution in [3.05, 3.63) is 29.8 Å². The van der Waals surface area contributed by atoms with Crippen LogP contribution in [0.25, 0.3) is 0 Å². The molecule has 1 aromatic carbocycles. The van der Waals surface area contributed by atoms with Crippen molar-refractivity contribution < 1.29 is 9.84 Å². The summed E-state index contributed by atoms with van der Waals surface area (Å²) in [5.41, 5.74) is 1.06. The van der Waals surface area contributed by atoms with Gasteiger partial charge in [0.2, 0.25) is 0 Å². The zero-order valence-corrected chi connectivity index (χ0v) is 12.3. The Morgan fingerprint density at radius 2 is 2.05 bits per heavy atom. The SMILES string of the molecule is CC(CO)C(C)NC1CC(C)(C)Oc2ccccc21. The molecule has 1 aliphatic heterocycles. The van der Waals surface area contributed by atoms with E-state index in [2.05, 4.69) is 45.1 Å². The summed E-state index contributed by atoms with van der Waals surface area (Å²) in [6.45, 7) is 8.65. The van der Waals surface area contributed by atoms with Crippen molar-refractivity contribution >= 4 is 0 Å². The molecule has 106 valence electrons. The Bertz CT molecular complexity index is 431. The lowest BCUT2D eigenvalue weighted by Gasteiger charge is -2.39. The Morgan fingerprint density at radius 3 is 2.74 bits per heavy atom. The third-order valence-electron chi connectivity index (χ3n) is 3.98. The van der Waals surface area contributed by atoms with Crippen LogP contribution in [0.3, 0.4) is 0 Å².